The fraction of sp³-hybridized carbons (Fsp3) is 0.786. The number of amides is 1. The zero-order valence-electron chi connectivity index (χ0n) is 11.5. The van der Waals surface area contributed by atoms with Gasteiger partial charge in [0, 0.05) is 13.1 Å². The highest BCUT2D eigenvalue weighted by Gasteiger charge is 2.20. The predicted molar refractivity (Wildman–Crippen MR) is 71.9 cm³/mol. The Labute approximate surface area is 105 Å². The third-order valence-electron chi connectivity index (χ3n) is 3.43. The van der Waals surface area contributed by atoms with E-state index in [-0.39, 0.29) is 5.91 Å². The second-order valence-corrected chi connectivity index (χ2v) is 5.32. The third-order valence-corrected chi connectivity index (χ3v) is 3.43. The Morgan fingerprint density at radius 3 is 2.47 bits per heavy atom. The molecule has 1 amide bonds. The monoisotopic (exact) mass is 238 g/mol. The van der Waals surface area contributed by atoms with Crippen LogP contribution < -0.4 is 0 Å². The molecule has 0 atom stereocenters. The number of rotatable bonds is 5. The summed E-state index contributed by atoms with van der Waals surface area (Å²) >= 11 is 0. The largest absolute Gasteiger partial charge is 0.338 e. The Kier molecular flexibility index (Phi) is 5.69. The molecule has 0 aromatic rings. The molecular formula is C14H26N2O. The zero-order chi connectivity index (χ0) is 12.8. The maximum absolute atomic E-state index is 12.1. The number of piperidine rings is 1. The van der Waals surface area contributed by atoms with Crippen molar-refractivity contribution in [2.45, 2.75) is 33.6 Å². The van der Waals surface area contributed by atoms with Crippen molar-refractivity contribution < 1.29 is 4.79 Å². The molecule has 0 radical (unpaired) electrons. The Balaban J connectivity index is 2.38. The van der Waals surface area contributed by atoms with Gasteiger partial charge in [0.1, 0.15) is 0 Å². The normalized spacial score (nSPS) is 18.1. The van der Waals surface area contributed by atoms with Crippen molar-refractivity contribution in [1.29, 1.82) is 0 Å². The number of hydrogen-bond donors (Lipinski definition) is 0. The van der Waals surface area contributed by atoms with Crippen LogP contribution in [0.2, 0.25) is 0 Å². The molecule has 0 aromatic carbocycles. The molecule has 1 fully saturated rings. The van der Waals surface area contributed by atoms with Crippen molar-refractivity contribution in [3.63, 3.8) is 0 Å². The Morgan fingerprint density at radius 2 is 2.00 bits per heavy atom. The van der Waals surface area contributed by atoms with Crippen LogP contribution in [0.5, 0.6) is 0 Å². The smallest absolute Gasteiger partial charge is 0.237 e. The number of likely N-dealkylation sites (tertiary alicyclic amines) is 1. The molecule has 0 unspecified atom stereocenters. The van der Waals surface area contributed by atoms with E-state index in [0.717, 1.165) is 31.1 Å². The Hall–Kier alpha value is -0.830. The van der Waals surface area contributed by atoms with Gasteiger partial charge >= 0.3 is 0 Å². The lowest BCUT2D eigenvalue weighted by Gasteiger charge is -2.31. The summed E-state index contributed by atoms with van der Waals surface area (Å²) in [4.78, 5) is 16.3. The summed E-state index contributed by atoms with van der Waals surface area (Å²) in [7, 11) is 0. The van der Waals surface area contributed by atoms with E-state index >= 15 is 0 Å². The Morgan fingerprint density at radius 1 is 1.41 bits per heavy atom. The van der Waals surface area contributed by atoms with Gasteiger partial charge in [-0.2, -0.15) is 0 Å². The van der Waals surface area contributed by atoms with Crippen LogP contribution >= 0.6 is 0 Å². The topological polar surface area (TPSA) is 23.6 Å². The van der Waals surface area contributed by atoms with Crippen LogP contribution in [0.25, 0.3) is 0 Å². The standard InChI is InChI=1S/C14H26N2O/c1-5-16(10-12(2)3)14(17)11-15-8-6-13(4)7-9-15/h13H,2,5-11H2,1,3-4H3. The minimum Gasteiger partial charge on any atom is -0.338 e. The number of hydrogen-bond acceptors (Lipinski definition) is 2. The lowest BCUT2D eigenvalue weighted by Crippen LogP contribution is -2.43. The maximum Gasteiger partial charge on any atom is 0.237 e. The highest BCUT2D eigenvalue weighted by molar-refractivity contribution is 5.78. The van der Waals surface area contributed by atoms with Crippen molar-refractivity contribution >= 4 is 5.91 Å². The molecule has 0 N–H and O–H groups in total. The van der Waals surface area contributed by atoms with Crippen molar-refractivity contribution in [2.75, 3.05) is 32.7 Å². The summed E-state index contributed by atoms with van der Waals surface area (Å²) in [6, 6.07) is 0. The van der Waals surface area contributed by atoms with Crippen LogP contribution in [0.4, 0.5) is 0 Å². The molecule has 1 aliphatic rings. The van der Waals surface area contributed by atoms with Crippen LogP contribution in [-0.4, -0.2) is 48.4 Å². The minimum absolute atomic E-state index is 0.241. The lowest BCUT2D eigenvalue weighted by atomic mass is 9.99. The molecule has 0 bridgehead atoms. The van der Waals surface area contributed by atoms with Crippen LogP contribution in [0, 0.1) is 5.92 Å². The van der Waals surface area contributed by atoms with E-state index in [4.69, 9.17) is 0 Å². The van der Waals surface area contributed by atoms with Gasteiger partial charge in [0.25, 0.3) is 0 Å². The fourth-order valence-electron chi connectivity index (χ4n) is 2.21. The number of likely N-dealkylation sites (N-methyl/N-ethyl adjacent to an activating group) is 1. The Bertz CT molecular complexity index is 267. The second-order valence-electron chi connectivity index (χ2n) is 5.32. The molecule has 1 saturated heterocycles. The summed E-state index contributed by atoms with van der Waals surface area (Å²) in [6.07, 6.45) is 2.44. The van der Waals surface area contributed by atoms with Gasteiger partial charge in [-0.15, -0.1) is 0 Å². The van der Waals surface area contributed by atoms with Gasteiger partial charge in [0.15, 0.2) is 0 Å². The molecule has 17 heavy (non-hydrogen) atoms. The summed E-state index contributed by atoms with van der Waals surface area (Å²) < 4.78 is 0. The van der Waals surface area contributed by atoms with Crippen molar-refractivity contribution in [3.05, 3.63) is 12.2 Å². The molecule has 98 valence electrons. The maximum atomic E-state index is 12.1. The highest BCUT2D eigenvalue weighted by atomic mass is 16.2. The molecule has 0 saturated carbocycles. The summed E-state index contributed by atoms with van der Waals surface area (Å²) in [5.74, 6) is 1.06. The SMILES string of the molecule is C=C(C)CN(CC)C(=O)CN1CCC(C)CC1. The van der Waals surface area contributed by atoms with E-state index in [2.05, 4.69) is 18.4 Å². The van der Waals surface area contributed by atoms with E-state index in [1.165, 1.54) is 12.8 Å². The summed E-state index contributed by atoms with van der Waals surface area (Å²) in [5.41, 5.74) is 1.05. The van der Waals surface area contributed by atoms with Crippen LogP contribution in [0.1, 0.15) is 33.6 Å². The second kappa shape index (κ2) is 6.80. The molecule has 3 heteroatoms. The van der Waals surface area contributed by atoms with Gasteiger partial charge in [0.05, 0.1) is 6.54 Å². The van der Waals surface area contributed by atoms with Crippen molar-refractivity contribution in [1.82, 2.24) is 9.80 Å². The van der Waals surface area contributed by atoms with Gasteiger partial charge in [-0.3, -0.25) is 9.69 Å². The summed E-state index contributed by atoms with van der Waals surface area (Å²) in [5, 5.41) is 0. The van der Waals surface area contributed by atoms with Gasteiger partial charge in [0.2, 0.25) is 5.91 Å². The van der Waals surface area contributed by atoms with Crippen molar-refractivity contribution in [3.8, 4) is 0 Å². The number of carbonyl (C=O) groups excluding carboxylic acids is 1. The van der Waals surface area contributed by atoms with Crippen LogP contribution in [-0.2, 0) is 4.79 Å². The average molecular weight is 238 g/mol. The first-order valence-electron chi connectivity index (χ1n) is 6.67. The minimum atomic E-state index is 0.241. The van der Waals surface area contributed by atoms with E-state index in [9.17, 15) is 4.79 Å². The van der Waals surface area contributed by atoms with Crippen LogP contribution in [0.15, 0.2) is 12.2 Å². The first kappa shape index (κ1) is 14.2. The molecular weight excluding hydrogens is 212 g/mol. The number of nitrogens with zero attached hydrogens (tertiary/aromatic N) is 2. The van der Waals surface area contributed by atoms with Crippen molar-refractivity contribution in [2.24, 2.45) is 5.92 Å². The molecule has 1 rings (SSSR count). The quantitative estimate of drug-likeness (QED) is 0.685. The molecule has 0 aromatic heterocycles. The van der Waals surface area contributed by atoms with E-state index in [1.807, 2.05) is 18.7 Å². The lowest BCUT2D eigenvalue weighted by molar-refractivity contribution is -0.132. The number of carbonyl (C=O) groups is 1. The molecule has 0 spiro atoms. The van der Waals surface area contributed by atoms with Crippen LogP contribution in [0.3, 0.4) is 0 Å². The van der Waals surface area contributed by atoms with Gasteiger partial charge < -0.3 is 4.90 Å². The average Bonchev–Trinajstić information content (AvgIpc) is 2.28. The first-order chi connectivity index (χ1) is 8.02. The van der Waals surface area contributed by atoms with Gasteiger partial charge in [-0.05, 0) is 45.7 Å². The van der Waals surface area contributed by atoms with E-state index in [0.29, 0.717) is 13.1 Å². The highest BCUT2D eigenvalue weighted by Crippen LogP contribution is 2.15. The molecule has 1 aliphatic heterocycles. The molecule has 0 aliphatic carbocycles. The third kappa shape index (κ3) is 4.90. The van der Waals surface area contributed by atoms with E-state index < -0.39 is 0 Å². The summed E-state index contributed by atoms with van der Waals surface area (Å²) in [6.45, 7) is 14.3. The molecule has 1 heterocycles. The first-order valence-corrected chi connectivity index (χ1v) is 6.67. The van der Waals surface area contributed by atoms with E-state index in [1.54, 1.807) is 0 Å². The van der Waals surface area contributed by atoms with Gasteiger partial charge in [-0.25, -0.2) is 0 Å². The fourth-order valence-corrected chi connectivity index (χ4v) is 2.21. The van der Waals surface area contributed by atoms with Gasteiger partial charge in [-0.1, -0.05) is 19.1 Å². The zero-order valence-corrected chi connectivity index (χ0v) is 11.5. The predicted octanol–water partition coefficient (Wildman–Crippen LogP) is 2.14. The molecule has 3 nitrogen and oxygen atoms in total.